The van der Waals surface area contributed by atoms with Gasteiger partial charge in [0.25, 0.3) is 0 Å². The number of hydrogen-bond donors (Lipinski definition) is 2. The molecule has 0 fully saturated rings. The van der Waals surface area contributed by atoms with Gasteiger partial charge in [-0.1, -0.05) is 23.7 Å². The van der Waals surface area contributed by atoms with Crippen LogP contribution in [0.4, 0.5) is 4.39 Å². The van der Waals surface area contributed by atoms with E-state index < -0.39 is 5.12 Å². The molecule has 1 unspecified atom stereocenters. The van der Waals surface area contributed by atoms with Crippen molar-refractivity contribution in [1.82, 2.24) is 10.2 Å². The number of thiocarbonyl (C=S) groups is 1. The van der Waals surface area contributed by atoms with Crippen LogP contribution < -0.4 is 15.8 Å². The van der Waals surface area contributed by atoms with Gasteiger partial charge >= 0.3 is 0 Å². The zero-order valence-electron chi connectivity index (χ0n) is 12.8. The lowest BCUT2D eigenvalue weighted by molar-refractivity contribution is 0.260. The second-order valence-corrected chi connectivity index (χ2v) is 5.97. The van der Waals surface area contributed by atoms with Crippen LogP contribution in [-0.2, 0) is 6.42 Å². The molecule has 0 saturated carbocycles. The monoisotopic (exact) mass is 355 g/mol. The third-order valence-corrected chi connectivity index (χ3v) is 3.93. The molecule has 0 spiro atoms. The number of alkyl halides is 1. The standard InChI is InChI=1S/C16H19ClFN3OS/c1-2-22-14-7-5-6-13(18)12(14)8-11-21-10-4-3-9-16(21,17)20-15(19)23/h3-7,9-10H,2,8,11H2,1H3,(H3,19,20,23). The highest BCUT2D eigenvalue weighted by molar-refractivity contribution is 7.80. The molecule has 0 saturated heterocycles. The van der Waals surface area contributed by atoms with Gasteiger partial charge in [0.05, 0.1) is 6.61 Å². The summed E-state index contributed by atoms with van der Waals surface area (Å²) in [6, 6.07) is 4.81. The molecule has 0 amide bonds. The predicted molar refractivity (Wildman–Crippen MR) is 94.8 cm³/mol. The lowest BCUT2D eigenvalue weighted by Gasteiger charge is -2.38. The molecule has 1 heterocycles. The number of halogens is 2. The van der Waals surface area contributed by atoms with Gasteiger partial charge < -0.3 is 20.7 Å². The highest BCUT2D eigenvalue weighted by Gasteiger charge is 2.31. The normalized spacial score (nSPS) is 19.7. The smallest absolute Gasteiger partial charge is 0.210 e. The van der Waals surface area contributed by atoms with E-state index in [0.717, 1.165) is 0 Å². The van der Waals surface area contributed by atoms with E-state index in [4.69, 9.17) is 34.3 Å². The Bertz CT molecular complexity index is 638. The van der Waals surface area contributed by atoms with Crippen molar-refractivity contribution in [3.05, 3.63) is 54.0 Å². The minimum Gasteiger partial charge on any atom is -0.493 e. The molecule has 1 aromatic rings. The summed E-state index contributed by atoms with van der Waals surface area (Å²) in [5, 5.41) is 1.87. The van der Waals surface area contributed by atoms with Crippen molar-refractivity contribution < 1.29 is 9.13 Å². The van der Waals surface area contributed by atoms with E-state index in [0.29, 0.717) is 30.9 Å². The Labute approximate surface area is 145 Å². The lowest BCUT2D eigenvalue weighted by Crippen LogP contribution is -2.56. The molecule has 1 aromatic carbocycles. The van der Waals surface area contributed by atoms with Gasteiger partial charge in [-0.3, -0.25) is 0 Å². The van der Waals surface area contributed by atoms with Crippen LogP contribution in [0.25, 0.3) is 0 Å². The maximum atomic E-state index is 14.1. The van der Waals surface area contributed by atoms with E-state index in [-0.39, 0.29) is 10.9 Å². The maximum Gasteiger partial charge on any atom is 0.210 e. The van der Waals surface area contributed by atoms with Gasteiger partial charge in [-0.2, -0.15) is 0 Å². The topological polar surface area (TPSA) is 50.5 Å². The summed E-state index contributed by atoms with van der Waals surface area (Å²) in [6.45, 7) is 2.80. The molecule has 3 N–H and O–H groups in total. The van der Waals surface area contributed by atoms with Crippen LogP contribution >= 0.6 is 23.8 Å². The molecule has 1 aliphatic heterocycles. The Morgan fingerprint density at radius 1 is 1.48 bits per heavy atom. The van der Waals surface area contributed by atoms with Crippen LogP contribution in [-0.4, -0.2) is 28.3 Å². The third kappa shape index (κ3) is 4.36. The van der Waals surface area contributed by atoms with Crippen LogP contribution in [0.1, 0.15) is 12.5 Å². The Kier molecular flexibility index (Phi) is 5.85. The fourth-order valence-corrected chi connectivity index (χ4v) is 2.90. The van der Waals surface area contributed by atoms with E-state index in [1.54, 1.807) is 35.4 Å². The van der Waals surface area contributed by atoms with Crippen molar-refractivity contribution >= 4 is 28.9 Å². The molecule has 1 atom stereocenters. The second kappa shape index (κ2) is 7.66. The molecule has 0 aromatic heterocycles. The van der Waals surface area contributed by atoms with Crippen LogP contribution in [0, 0.1) is 5.82 Å². The summed E-state index contributed by atoms with van der Waals surface area (Å²) >= 11 is 11.4. The first kappa shape index (κ1) is 17.6. The highest BCUT2D eigenvalue weighted by Crippen LogP contribution is 2.27. The van der Waals surface area contributed by atoms with Gasteiger partial charge in [0, 0.05) is 18.3 Å². The van der Waals surface area contributed by atoms with E-state index >= 15 is 0 Å². The molecule has 7 heteroatoms. The third-order valence-electron chi connectivity index (χ3n) is 3.39. The van der Waals surface area contributed by atoms with Gasteiger partial charge in [0.1, 0.15) is 11.6 Å². The Balaban J connectivity index is 2.15. The summed E-state index contributed by atoms with van der Waals surface area (Å²) in [4.78, 5) is 1.80. The van der Waals surface area contributed by atoms with Crippen molar-refractivity contribution in [2.75, 3.05) is 13.2 Å². The largest absolute Gasteiger partial charge is 0.493 e. The van der Waals surface area contributed by atoms with E-state index in [1.165, 1.54) is 6.07 Å². The Hall–Kier alpha value is -1.79. The summed E-state index contributed by atoms with van der Waals surface area (Å²) in [5.74, 6) is 0.251. The number of benzene rings is 1. The van der Waals surface area contributed by atoms with Gasteiger partial charge in [0.15, 0.2) is 5.11 Å². The quantitative estimate of drug-likeness (QED) is 0.467. The lowest BCUT2D eigenvalue weighted by atomic mass is 10.1. The average Bonchev–Trinajstić information content (AvgIpc) is 2.47. The zero-order valence-corrected chi connectivity index (χ0v) is 14.3. The molecule has 0 bridgehead atoms. The van der Waals surface area contributed by atoms with E-state index in [9.17, 15) is 4.39 Å². The molecule has 4 nitrogen and oxygen atoms in total. The first-order valence-electron chi connectivity index (χ1n) is 7.25. The minimum absolute atomic E-state index is 0.0887. The van der Waals surface area contributed by atoms with Crippen LogP contribution in [0.3, 0.4) is 0 Å². The van der Waals surface area contributed by atoms with Gasteiger partial charge in [-0.15, -0.1) is 0 Å². The van der Waals surface area contributed by atoms with Crippen LogP contribution in [0.15, 0.2) is 42.6 Å². The van der Waals surface area contributed by atoms with Crippen molar-refractivity contribution in [1.29, 1.82) is 0 Å². The van der Waals surface area contributed by atoms with Gasteiger partial charge in [-0.05, 0) is 49.8 Å². The zero-order chi connectivity index (χ0) is 16.9. The predicted octanol–water partition coefficient (Wildman–Crippen LogP) is 2.88. The number of rotatable bonds is 6. The number of nitrogens with two attached hydrogens (primary N) is 1. The SMILES string of the molecule is CCOc1cccc(F)c1CCN1C=CC=CC1(Cl)NC(N)=S. The van der Waals surface area contributed by atoms with Crippen LogP contribution in [0.5, 0.6) is 5.75 Å². The molecular weight excluding hydrogens is 337 g/mol. The average molecular weight is 356 g/mol. The van der Waals surface area contributed by atoms with Crippen LogP contribution in [0.2, 0.25) is 0 Å². The second-order valence-electron chi connectivity index (χ2n) is 4.96. The molecule has 23 heavy (non-hydrogen) atoms. The van der Waals surface area contributed by atoms with Gasteiger partial charge in [0.2, 0.25) is 5.12 Å². The summed E-state index contributed by atoms with van der Waals surface area (Å²) in [5.41, 5.74) is 6.06. The highest BCUT2D eigenvalue weighted by atomic mass is 35.5. The number of nitrogens with zero attached hydrogens (tertiary/aromatic N) is 1. The fraction of sp³-hybridized carbons (Fsp3) is 0.312. The van der Waals surface area contributed by atoms with Crippen molar-refractivity contribution in [2.24, 2.45) is 5.73 Å². The Morgan fingerprint density at radius 2 is 2.26 bits per heavy atom. The Morgan fingerprint density at radius 3 is 2.96 bits per heavy atom. The van der Waals surface area contributed by atoms with E-state index in [1.807, 2.05) is 13.0 Å². The minimum atomic E-state index is -1.06. The number of nitrogens with one attached hydrogen (secondary N) is 1. The summed E-state index contributed by atoms with van der Waals surface area (Å²) in [7, 11) is 0. The molecule has 0 radical (unpaired) electrons. The summed E-state index contributed by atoms with van der Waals surface area (Å²) in [6.07, 6.45) is 7.60. The molecule has 2 rings (SSSR count). The number of allylic oxidation sites excluding steroid dienone is 2. The maximum absolute atomic E-state index is 14.1. The van der Waals surface area contributed by atoms with E-state index in [2.05, 4.69) is 5.32 Å². The molecule has 124 valence electrons. The molecular formula is C16H19ClFN3OS. The number of hydrogen-bond acceptors (Lipinski definition) is 3. The first-order chi connectivity index (χ1) is 11.0. The van der Waals surface area contributed by atoms with Crippen molar-refractivity contribution in [3.8, 4) is 5.75 Å². The molecule has 1 aliphatic rings. The number of ether oxygens (including phenoxy) is 1. The van der Waals surface area contributed by atoms with Crippen molar-refractivity contribution in [3.63, 3.8) is 0 Å². The summed E-state index contributed by atoms with van der Waals surface area (Å²) < 4.78 is 19.6. The first-order valence-corrected chi connectivity index (χ1v) is 8.04. The van der Waals surface area contributed by atoms with Gasteiger partial charge in [-0.25, -0.2) is 4.39 Å². The molecule has 0 aliphatic carbocycles. The van der Waals surface area contributed by atoms with Crippen molar-refractivity contribution in [2.45, 2.75) is 18.5 Å². The fourth-order valence-electron chi connectivity index (χ4n) is 2.37.